The molecule has 4 unspecified atom stereocenters. The lowest BCUT2D eigenvalue weighted by atomic mass is 9.66. The van der Waals surface area contributed by atoms with E-state index in [0.29, 0.717) is 17.8 Å². The molecule has 0 aliphatic heterocycles. The Morgan fingerprint density at radius 1 is 1.14 bits per heavy atom. The van der Waals surface area contributed by atoms with Gasteiger partial charge in [0.1, 0.15) is 0 Å². The first kappa shape index (κ1) is 10.4. The van der Waals surface area contributed by atoms with E-state index >= 15 is 0 Å². The first-order valence-corrected chi connectivity index (χ1v) is 5.76. The summed E-state index contributed by atoms with van der Waals surface area (Å²) in [6, 6.07) is 0. The molecular formula is C12H22O2. The molecule has 2 fully saturated rings. The molecule has 2 aliphatic rings. The van der Waals surface area contributed by atoms with Crippen molar-refractivity contribution in [1.29, 1.82) is 0 Å². The van der Waals surface area contributed by atoms with Crippen molar-refractivity contribution in [2.75, 3.05) is 6.61 Å². The van der Waals surface area contributed by atoms with Gasteiger partial charge in [0.15, 0.2) is 0 Å². The van der Waals surface area contributed by atoms with Crippen LogP contribution in [0.3, 0.4) is 0 Å². The van der Waals surface area contributed by atoms with E-state index in [-0.39, 0.29) is 12.0 Å². The van der Waals surface area contributed by atoms with Crippen molar-refractivity contribution in [3.8, 4) is 0 Å². The molecule has 2 bridgehead atoms. The van der Waals surface area contributed by atoms with E-state index in [1.54, 1.807) is 0 Å². The van der Waals surface area contributed by atoms with Crippen LogP contribution in [0.2, 0.25) is 0 Å². The fraction of sp³-hybridized carbons (Fsp3) is 1.00. The van der Waals surface area contributed by atoms with Crippen LogP contribution in [-0.2, 0) is 0 Å². The van der Waals surface area contributed by atoms with Crippen molar-refractivity contribution >= 4 is 0 Å². The minimum absolute atomic E-state index is 0.0236. The Hall–Kier alpha value is -0.0800. The van der Waals surface area contributed by atoms with E-state index in [1.165, 1.54) is 6.42 Å². The molecule has 82 valence electrons. The van der Waals surface area contributed by atoms with E-state index in [1.807, 2.05) is 6.92 Å². The largest absolute Gasteiger partial charge is 0.396 e. The van der Waals surface area contributed by atoms with Gasteiger partial charge in [0.2, 0.25) is 0 Å². The molecule has 0 saturated heterocycles. The minimum atomic E-state index is -0.532. The van der Waals surface area contributed by atoms with E-state index in [4.69, 9.17) is 5.11 Å². The lowest BCUT2D eigenvalue weighted by Crippen LogP contribution is -2.46. The fourth-order valence-electron chi connectivity index (χ4n) is 4.07. The molecule has 2 rings (SSSR count). The van der Waals surface area contributed by atoms with Gasteiger partial charge in [-0.2, -0.15) is 0 Å². The van der Waals surface area contributed by atoms with Gasteiger partial charge in [-0.25, -0.2) is 0 Å². The molecule has 14 heavy (non-hydrogen) atoms. The molecule has 0 radical (unpaired) electrons. The zero-order valence-electron chi connectivity index (χ0n) is 9.45. The summed E-state index contributed by atoms with van der Waals surface area (Å²) in [5.41, 5.74) is -0.508. The molecule has 0 aromatic carbocycles. The minimum Gasteiger partial charge on any atom is -0.396 e. The summed E-state index contributed by atoms with van der Waals surface area (Å²) in [5.74, 6) is 1.56. The van der Waals surface area contributed by atoms with Gasteiger partial charge in [-0.05, 0) is 49.4 Å². The summed E-state index contributed by atoms with van der Waals surface area (Å²) in [5, 5.41) is 19.6. The molecule has 2 saturated carbocycles. The summed E-state index contributed by atoms with van der Waals surface area (Å²) in [4.78, 5) is 0. The van der Waals surface area contributed by atoms with Gasteiger partial charge >= 0.3 is 0 Å². The predicted molar refractivity (Wildman–Crippen MR) is 55.8 cm³/mol. The highest BCUT2D eigenvalue weighted by atomic mass is 16.3. The van der Waals surface area contributed by atoms with Crippen molar-refractivity contribution in [2.24, 2.45) is 23.2 Å². The lowest BCUT2D eigenvalue weighted by molar-refractivity contribution is -0.0910. The van der Waals surface area contributed by atoms with Gasteiger partial charge in [-0.15, -0.1) is 0 Å². The maximum atomic E-state index is 10.5. The molecule has 0 heterocycles. The van der Waals surface area contributed by atoms with Crippen LogP contribution in [0.4, 0.5) is 0 Å². The lowest BCUT2D eigenvalue weighted by Gasteiger charge is -2.43. The van der Waals surface area contributed by atoms with Gasteiger partial charge in [0.05, 0.1) is 5.60 Å². The number of rotatable bonds is 2. The smallest absolute Gasteiger partial charge is 0.0703 e. The zero-order valence-corrected chi connectivity index (χ0v) is 9.45. The van der Waals surface area contributed by atoms with Crippen LogP contribution in [0.1, 0.15) is 40.0 Å². The number of hydrogen-bond acceptors (Lipinski definition) is 2. The quantitative estimate of drug-likeness (QED) is 0.710. The molecule has 0 aromatic rings. The Morgan fingerprint density at radius 2 is 1.71 bits per heavy atom. The maximum absolute atomic E-state index is 10.5. The van der Waals surface area contributed by atoms with Crippen molar-refractivity contribution in [3.05, 3.63) is 0 Å². The normalized spacial score (nSPS) is 49.9. The van der Waals surface area contributed by atoms with Crippen LogP contribution in [-0.4, -0.2) is 22.4 Å². The standard InChI is InChI=1S/C12H22O2/c1-11(2)9-4-5-10(12(11,3)14)8(9)6-7-13/h8-10,13-14H,4-7H2,1-3H3. The first-order valence-electron chi connectivity index (χ1n) is 5.76. The average Bonchev–Trinajstić information content (AvgIpc) is 2.52. The molecule has 0 spiro atoms. The van der Waals surface area contributed by atoms with Gasteiger partial charge in [-0.3, -0.25) is 0 Å². The van der Waals surface area contributed by atoms with Crippen LogP contribution in [0.15, 0.2) is 0 Å². The highest BCUT2D eigenvalue weighted by Crippen LogP contribution is 2.64. The number of fused-ring (bicyclic) bond motifs is 2. The first-order chi connectivity index (χ1) is 6.43. The fourth-order valence-corrected chi connectivity index (χ4v) is 4.07. The van der Waals surface area contributed by atoms with Crippen molar-refractivity contribution in [1.82, 2.24) is 0 Å². The summed E-state index contributed by atoms with van der Waals surface area (Å²) in [6.45, 7) is 6.62. The molecular weight excluding hydrogens is 176 g/mol. The SMILES string of the molecule is CC1(C)C2CCC(C2CCO)C1(C)O. The van der Waals surface area contributed by atoms with E-state index in [0.717, 1.165) is 12.8 Å². The average molecular weight is 198 g/mol. The molecule has 0 aromatic heterocycles. The van der Waals surface area contributed by atoms with E-state index < -0.39 is 5.60 Å². The Bertz CT molecular complexity index is 210. The third-order valence-corrected chi connectivity index (χ3v) is 5.24. The van der Waals surface area contributed by atoms with Crippen LogP contribution >= 0.6 is 0 Å². The predicted octanol–water partition coefficient (Wildman–Crippen LogP) is 1.80. The number of aliphatic hydroxyl groups excluding tert-OH is 1. The molecule has 2 aliphatic carbocycles. The van der Waals surface area contributed by atoms with E-state index in [9.17, 15) is 5.11 Å². The molecule has 2 nitrogen and oxygen atoms in total. The van der Waals surface area contributed by atoms with Crippen LogP contribution in [0.25, 0.3) is 0 Å². The highest BCUT2D eigenvalue weighted by Gasteiger charge is 2.64. The highest BCUT2D eigenvalue weighted by molar-refractivity contribution is 5.13. The topological polar surface area (TPSA) is 40.5 Å². The summed E-state index contributed by atoms with van der Waals surface area (Å²) in [7, 11) is 0. The van der Waals surface area contributed by atoms with Gasteiger partial charge in [0, 0.05) is 6.61 Å². The van der Waals surface area contributed by atoms with Gasteiger partial charge < -0.3 is 10.2 Å². The van der Waals surface area contributed by atoms with Gasteiger partial charge in [-0.1, -0.05) is 13.8 Å². The maximum Gasteiger partial charge on any atom is 0.0703 e. The van der Waals surface area contributed by atoms with Crippen molar-refractivity contribution in [3.63, 3.8) is 0 Å². The van der Waals surface area contributed by atoms with Crippen LogP contribution < -0.4 is 0 Å². The molecule has 2 N–H and O–H groups in total. The Labute approximate surface area is 86.3 Å². The Morgan fingerprint density at radius 3 is 2.14 bits per heavy atom. The summed E-state index contributed by atoms with van der Waals surface area (Å²) < 4.78 is 0. The van der Waals surface area contributed by atoms with Crippen molar-refractivity contribution < 1.29 is 10.2 Å². The van der Waals surface area contributed by atoms with Crippen LogP contribution in [0, 0.1) is 23.2 Å². The second kappa shape index (κ2) is 2.96. The van der Waals surface area contributed by atoms with Gasteiger partial charge in [0.25, 0.3) is 0 Å². The molecule has 2 heteroatoms. The van der Waals surface area contributed by atoms with E-state index in [2.05, 4.69) is 13.8 Å². The second-order valence-corrected chi connectivity index (χ2v) is 5.84. The van der Waals surface area contributed by atoms with Crippen molar-refractivity contribution in [2.45, 2.75) is 45.6 Å². The third kappa shape index (κ3) is 1.04. The summed E-state index contributed by atoms with van der Waals surface area (Å²) >= 11 is 0. The monoisotopic (exact) mass is 198 g/mol. The van der Waals surface area contributed by atoms with Crippen LogP contribution in [0.5, 0.6) is 0 Å². The Balaban J connectivity index is 2.28. The number of hydrogen-bond donors (Lipinski definition) is 2. The Kier molecular flexibility index (Phi) is 2.20. The third-order valence-electron chi connectivity index (χ3n) is 5.24. The molecule has 0 amide bonds. The molecule has 4 atom stereocenters. The zero-order chi connectivity index (χ0) is 10.6. The second-order valence-electron chi connectivity index (χ2n) is 5.84. The number of aliphatic hydroxyl groups is 2. The summed E-state index contributed by atoms with van der Waals surface area (Å²) in [6.07, 6.45) is 3.25.